The summed E-state index contributed by atoms with van der Waals surface area (Å²) in [6, 6.07) is 15.8. The molecule has 7 nitrogen and oxygen atoms in total. The lowest BCUT2D eigenvalue weighted by Gasteiger charge is -2.31. The lowest BCUT2D eigenvalue weighted by molar-refractivity contribution is -0.138. The summed E-state index contributed by atoms with van der Waals surface area (Å²) in [6.45, 7) is 0. The van der Waals surface area contributed by atoms with E-state index < -0.39 is 29.6 Å². The smallest absolute Gasteiger partial charge is 0.322 e. The summed E-state index contributed by atoms with van der Waals surface area (Å²) in [7, 11) is 0. The molecule has 0 radical (unpaired) electrons. The van der Waals surface area contributed by atoms with Gasteiger partial charge in [0.05, 0.1) is 0 Å². The zero-order chi connectivity index (χ0) is 18.7. The average Bonchev–Trinajstić information content (AvgIpc) is 2.94. The number of aliphatic hydroxyl groups excluding tert-OH is 1. The van der Waals surface area contributed by atoms with Gasteiger partial charge in [0.25, 0.3) is 5.91 Å². The van der Waals surface area contributed by atoms with Crippen LogP contribution in [0.25, 0.3) is 11.1 Å². The van der Waals surface area contributed by atoms with Crippen molar-refractivity contribution in [3.8, 4) is 11.1 Å². The highest BCUT2D eigenvalue weighted by atomic mass is 16.4. The lowest BCUT2D eigenvalue weighted by atomic mass is 9.83. The quantitative estimate of drug-likeness (QED) is 0.591. The van der Waals surface area contributed by atoms with Crippen molar-refractivity contribution < 1.29 is 24.6 Å². The Morgan fingerprint density at radius 3 is 2.15 bits per heavy atom. The molecule has 0 spiro atoms. The van der Waals surface area contributed by atoms with Gasteiger partial charge in [0.2, 0.25) is 0 Å². The number of carbonyl (C=O) groups is 3. The van der Waals surface area contributed by atoms with Gasteiger partial charge < -0.3 is 15.5 Å². The van der Waals surface area contributed by atoms with Crippen LogP contribution in [0.3, 0.4) is 0 Å². The summed E-state index contributed by atoms with van der Waals surface area (Å²) < 4.78 is 0. The normalized spacial score (nSPS) is 20.3. The molecule has 0 aliphatic carbocycles. The topological polar surface area (TPSA) is 116 Å². The summed E-state index contributed by atoms with van der Waals surface area (Å²) in [5.41, 5.74) is 0.638. The molecule has 1 aliphatic rings. The third-order valence-electron chi connectivity index (χ3n) is 4.50. The first-order valence-electron chi connectivity index (χ1n) is 8.11. The Morgan fingerprint density at radius 2 is 1.62 bits per heavy atom. The Kier molecular flexibility index (Phi) is 4.73. The summed E-state index contributed by atoms with van der Waals surface area (Å²) in [4.78, 5) is 34.8. The molecule has 3 rings (SSSR count). The molecule has 4 N–H and O–H groups in total. The van der Waals surface area contributed by atoms with Crippen molar-refractivity contribution in [1.82, 2.24) is 10.6 Å². The largest absolute Gasteiger partial charge is 0.481 e. The number of aliphatic hydroxyl groups is 1. The Balaban J connectivity index is 1.89. The number of benzene rings is 2. The molecule has 1 aliphatic heterocycles. The second-order valence-electron chi connectivity index (χ2n) is 6.16. The van der Waals surface area contributed by atoms with Crippen LogP contribution in [0.5, 0.6) is 0 Å². The number of carbonyl (C=O) groups excluding carboxylic acids is 2. The van der Waals surface area contributed by atoms with E-state index in [1.165, 1.54) is 0 Å². The number of carboxylic acids is 1. The van der Waals surface area contributed by atoms with E-state index >= 15 is 0 Å². The number of imide groups is 1. The number of hydrogen-bond acceptors (Lipinski definition) is 4. The number of aliphatic carboxylic acids is 1. The molecular formula is C19H18N2O5. The zero-order valence-electron chi connectivity index (χ0n) is 13.8. The fourth-order valence-electron chi connectivity index (χ4n) is 3.09. The molecule has 0 saturated carbocycles. The molecular weight excluding hydrogens is 336 g/mol. The van der Waals surface area contributed by atoms with E-state index in [0.717, 1.165) is 11.1 Å². The van der Waals surface area contributed by atoms with Crippen LogP contribution >= 0.6 is 0 Å². The molecule has 0 aromatic heterocycles. The van der Waals surface area contributed by atoms with E-state index in [9.17, 15) is 19.5 Å². The molecule has 1 fully saturated rings. The third-order valence-corrected chi connectivity index (χ3v) is 4.50. The van der Waals surface area contributed by atoms with Gasteiger partial charge in [-0.2, -0.15) is 0 Å². The molecule has 134 valence electrons. The van der Waals surface area contributed by atoms with Crippen LogP contribution in [-0.4, -0.2) is 33.7 Å². The van der Waals surface area contributed by atoms with Crippen molar-refractivity contribution in [3.05, 3.63) is 60.2 Å². The van der Waals surface area contributed by atoms with Gasteiger partial charge in [0, 0.05) is 6.42 Å². The van der Waals surface area contributed by atoms with Gasteiger partial charge in [-0.15, -0.1) is 0 Å². The first-order valence-corrected chi connectivity index (χ1v) is 8.11. The molecule has 0 bridgehead atoms. The van der Waals surface area contributed by atoms with Gasteiger partial charge in [-0.1, -0.05) is 54.6 Å². The third kappa shape index (κ3) is 3.29. The predicted molar refractivity (Wildman–Crippen MR) is 93.1 cm³/mol. The highest BCUT2D eigenvalue weighted by molar-refractivity contribution is 6.07. The Bertz CT molecular complexity index is 835. The summed E-state index contributed by atoms with van der Waals surface area (Å²) in [6.07, 6.45) is -1.97. The number of nitrogens with one attached hydrogen (secondary N) is 2. The second kappa shape index (κ2) is 6.97. The molecule has 2 atom stereocenters. The SMILES string of the molecule is O=C(O)CCC1(C(O)c2ccc(-c3ccccc3)cc2)NC(=O)NC1=O. The highest BCUT2D eigenvalue weighted by Gasteiger charge is 2.52. The minimum Gasteiger partial charge on any atom is -0.481 e. The van der Waals surface area contributed by atoms with E-state index in [1.54, 1.807) is 24.3 Å². The van der Waals surface area contributed by atoms with Crippen LogP contribution in [0.4, 0.5) is 4.79 Å². The molecule has 26 heavy (non-hydrogen) atoms. The van der Waals surface area contributed by atoms with Crippen molar-refractivity contribution >= 4 is 17.9 Å². The van der Waals surface area contributed by atoms with Crippen molar-refractivity contribution in [1.29, 1.82) is 0 Å². The van der Waals surface area contributed by atoms with Crippen molar-refractivity contribution in [2.75, 3.05) is 0 Å². The van der Waals surface area contributed by atoms with Gasteiger partial charge in [0.15, 0.2) is 5.54 Å². The van der Waals surface area contributed by atoms with Gasteiger partial charge in [-0.3, -0.25) is 14.9 Å². The molecule has 2 unspecified atom stereocenters. The Labute approximate surface area is 149 Å². The fourth-order valence-corrected chi connectivity index (χ4v) is 3.09. The van der Waals surface area contributed by atoms with Crippen LogP contribution < -0.4 is 10.6 Å². The van der Waals surface area contributed by atoms with Crippen molar-refractivity contribution in [2.45, 2.75) is 24.5 Å². The minimum absolute atomic E-state index is 0.221. The summed E-state index contributed by atoms with van der Waals surface area (Å²) in [5.74, 6) is -1.85. The average molecular weight is 354 g/mol. The zero-order valence-corrected chi connectivity index (χ0v) is 13.8. The van der Waals surface area contributed by atoms with E-state index in [2.05, 4.69) is 10.6 Å². The molecule has 2 aromatic rings. The maximum absolute atomic E-state index is 12.3. The van der Waals surface area contributed by atoms with E-state index in [1.807, 2.05) is 30.3 Å². The van der Waals surface area contributed by atoms with Gasteiger partial charge in [-0.05, 0) is 23.1 Å². The van der Waals surface area contributed by atoms with Crippen LogP contribution in [0.15, 0.2) is 54.6 Å². The molecule has 1 heterocycles. The van der Waals surface area contributed by atoms with E-state index in [0.29, 0.717) is 5.56 Å². The first kappa shape index (κ1) is 17.6. The predicted octanol–water partition coefficient (Wildman–Crippen LogP) is 1.83. The molecule has 7 heteroatoms. The van der Waals surface area contributed by atoms with Crippen LogP contribution in [0.2, 0.25) is 0 Å². The number of rotatable bonds is 6. The second-order valence-corrected chi connectivity index (χ2v) is 6.16. The van der Waals surface area contributed by atoms with Crippen LogP contribution in [-0.2, 0) is 9.59 Å². The van der Waals surface area contributed by atoms with Crippen LogP contribution in [0.1, 0.15) is 24.5 Å². The maximum Gasteiger partial charge on any atom is 0.322 e. The summed E-state index contributed by atoms with van der Waals surface area (Å²) in [5, 5.41) is 24.2. The maximum atomic E-state index is 12.3. The molecule has 1 saturated heterocycles. The number of amides is 3. The number of urea groups is 1. The van der Waals surface area contributed by atoms with Crippen molar-refractivity contribution in [2.24, 2.45) is 0 Å². The Morgan fingerprint density at radius 1 is 1.00 bits per heavy atom. The fraction of sp³-hybridized carbons (Fsp3) is 0.211. The van der Waals surface area contributed by atoms with E-state index in [4.69, 9.17) is 5.11 Å². The van der Waals surface area contributed by atoms with Gasteiger partial charge >= 0.3 is 12.0 Å². The minimum atomic E-state index is -1.70. The first-order chi connectivity index (χ1) is 12.4. The van der Waals surface area contributed by atoms with Gasteiger partial charge in [0.1, 0.15) is 6.10 Å². The standard InChI is InChI=1S/C19H18N2O5/c22-15(23)10-11-19(17(25)20-18(26)21-19)16(24)14-8-6-13(7-9-14)12-4-2-1-3-5-12/h1-9,16,24H,10-11H2,(H,22,23)(H2,20,21,25,26). The number of hydrogen-bond donors (Lipinski definition) is 4. The monoisotopic (exact) mass is 354 g/mol. The van der Waals surface area contributed by atoms with Crippen LogP contribution in [0, 0.1) is 0 Å². The summed E-state index contributed by atoms with van der Waals surface area (Å²) >= 11 is 0. The molecule has 2 aromatic carbocycles. The van der Waals surface area contributed by atoms with Gasteiger partial charge in [-0.25, -0.2) is 4.79 Å². The number of carboxylic acid groups (broad SMARTS) is 1. The Hall–Kier alpha value is -3.19. The lowest BCUT2D eigenvalue weighted by Crippen LogP contribution is -2.52. The highest BCUT2D eigenvalue weighted by Crippen LogP contribution is 2.34. The molecule has 3 amide bonds. The van der Waals surface area contributed by atoms with Crippen molar-refractivity contribution in [3.63, 3.8) is 0 Å². The van der Waals surface area contributed by atoms with E-state index in [-0.39, 0.29) is 12.8 Å².